The number of hydrogen-bond donors (Lipinski definition) is 3. The van der Waals surface area contributed by atoms with Gasteiger partial charge in [0.15, 0.2) is 0 Å². The first-order chi connectivity index (χ1) is 20.2. The van der Waals surface area contributed by atoms with Crippen LogP contribution in [-0.4, -0.2) is 75.8 Å². The molecule has 42 heavy (non-hydrogen) atoms. The van der Waals surface area contributed by atoms with E-state index < -0.39 is 11.4 Å². The van der Waals surface area contributed by atoms with Gasteiger partial charge < -0.3 is 29.8 Å². The van der Waals surface area contributed by atoms with E-state index >= 15 is 0 Å². The summed E-state index contributed by atoms with van der Waals surface area (Å²) in [5.41, 5.74) is 4.71. The van der Waals surface area contributed by atoms with Gasteiger partial charge in [-0.05, 0) is 57.0 Å². The molecule has 3 atom stereocenters. The smallest absolute Gasteiger partial charge is 0.341 e. The number of H-pyrrole nitrogens is 1. The maximum Gasteiger partial charge on any atom is 0.341 e. The largest absolute Gasteiger partial charge is 0.477 e. The fraction of sp³-hybridized carbons (Fsp3) is 0.355. The van der Waals surface area contributed by atoms with Crippen molar-refractivity contribution >= 4 is 61.9 Å². The normalized spacial score (nSPS) is 20.3. The van der Waals surface area contributed by atoms with E-state index in [2.05, 4.69) is 39.2 Å². The Kier molecular flexibility index (Phi) is 6.18. The number of nitrogens with zero attached hydrogens (tertiary/aromatic N) is 5. The third-order valence-corrected chi connectivity index (χ3v) is 9.51. The summed E-state index contributed by atoms with van der Waals surface area (Å²) in [6.45, 7) is 1.82. The van der Waals surface area contributed by atoms with Crippen molar-refractivity contribution in [2.75, 3.05) is 44.4 Å². The summed E-state index contributed by atoms with van der Waals surface area (Å²) in [4.78, 5) is 42.9. The Morgan fingerprint density at radius 1 is 1.14 bits per heavy atom. The fourth-order valence-electron chi connectivity index (χ4n) is 7.37. The number of nitrogens with one attached hydrogen (secondary N) is 2. The first-order valence-electron chi connectivity index (χ1n) is 14.1. The molecule has 0 spiro atoms. The molecule has 5 aromatic rings. The van der Waals surface area contributed by atoms with Crippen LogP contribution >= 0.6 is 11.6 Å². The van der Waals surface area contributed by atoms with E-state index in [1.54, 1.807) is 23.9 Å². The van der Waals surface area contributed by atoms with E-state index in [1.165, 1.54) is 19.0 Å². The molecule has 216 valence electrons. The Morgan fingerprint density at radius 2 is 1.95 bits per heavy atom. The van der Waals surface area contributed by atoms with Crippen LogP contribution in [0.25, 0.3) is 44.1 Å². The standard InChI is InChI=1S/C31H32ClN7O3/c1-33-23-9-17(32)8-18-25-27(39-12-15-5-6-24(37(2)3)21(15)14-39)20(11-34-29(25)36-26(18)23)16-7-19-28(40)22(31(41)42)13-38(4)30(19)35-10-16/h7-11,13,15,21,24,33H,5-6,12,14H2,1-4H3,(H,34,36)(H,41,42)/t15?,21?,24-/m1/s1. The van der Waals surface area contributed by atoms with Gasteiger partial charge in [0.2, 0.25) is 5.43 Å². The molecule has 1 saturated heterocycles. The lowest BCUT2D eigenvalue weighted by atomic mass is 9.97. The van der Waals surface area contributed by atoms with Gasteiger partial charge in [0.25, 0.3) is 0 Å². The second-order valence-electron chi connectivity index (χ2n) is 11.8. The number of rotatable bonds is 5. The molecule has 5 heterocycles. The predicted octanol–water partition coefficient (Wildman–Crippen LogP) is 4.80. The molecule has 0 amide bonds. The van der Waals surface area contributed by atoms with Gasteiger partial charge in [-0.25, -0.2) is 14.8 Å². The Labute approximate surface area is 246 Å². The highest BCUT2D eigenvalue weighted by Crippen LogP contribution is 2.48. The topological polar surface area (TPSA) is 119 Å². The van der Waals surface area contributed by atoms with Crippen molar-refractivity contribution in [2.24, 2.45) is 18.9 Å². The monoisotopic (exact) mass is 585 g/mol. The van der Waals surface area contributed by atoms with Crippen LogP contribution in [0.3, 0.4) is 0 Å². The van der Waals surface area contributed by atoms with Gasteiger partial charge in [-0.2, -0.15) is 0 Å². The zero-order valence-corrected chi connectivity index (χ0v) is 24.7. The highest BCUT2D eigenvalue weighted by Gasteiger charge is 2.44. The molecule has 1 aliphatic carbocycles. The summed E-state index contributed by atoms with van der Waals surface area (Å²) in [6, 6.07) is 6.14. The van der Waals surface area contributed by atoms with Crippen LogP contribution in [0.15, 0.2) is 41.6 Å². The minimum absolute atomic E-state index is 0.256. The van der Waals surface area contributed by atoms with Crippen LogP contribution < -0.4 is 15.6 Å². The lowest BCUT2D eigenvalue weighted by Crippen LogP contribution is -2.35. The van der Waals surface area contributed by atoms with Gasteiger partial charge in [-0.15, -0.1) is 0 Å². The number of fused-ring (bicyclic) bond motifs is 5. The van der Waals surface area contributed by atoms with Gasteiger partial charge in [0, 0.05) is 73.4 Å². The van der Waals surface area contributed by atoms with Crippen LogP contribution in [0.2, 0.25) is 5.02 Å². The molecule has 0 radical (unpaired) electrons. The van der Waals surface area contributed by atoms with E-state index in [-0.39, 0.29) is 10.9 Å². The Morgan fingerprint density at radius 3 is 2.69 bits per heavy atom. The van der Waals surface area contributed by atoms with E-state index in [1.807, 2.05) is 25.4 Å². The van der Waals surface area contributed by atoms with Crippen molar-refractivity contribution in [1.82, 2.24) is 24.4 Å². The third kappa shape index (κ3) is 3.96. The lowest BCUT2D eigenvalue weighted by Gasteiger charge is -2.28. The molecule has 2 unspecified atom stereocenters. The number of aromatic carboxylic acids is 1. The zero-order chi connectivity index (χ0) is 29.4. The SMILES string of the molecule is CNc1cc(Cl)cc2c1[nH]c1ncc(-c3cnc4c(c3)c(=O)c(C(=O)O)cn4C)c(N3CC4CC[C@@H](N(C)C)C4C3)c12. The van der Waals surface area contributed by atoms with Crippen LogP contribution in [0.4, 0.5) is 11.4 Å². The van der Waals surface area contributed by atoms with Gasteiger partial charge in [-0.1, -0.05) is 11.6 Å². The first kappa shape index (κ1) is 26.7. The van der Waals surface area contributed by atoms with Crippen molar-refractivity contribution in [3.05, 3.63) is 57.6 Å². The number of aromatic nitrogens is 4. The molecule has 3 N–H and O–H groups in total. The van der Waals surface area contributed by atoms with Gasteiger partial charge >= 0.3 is 5.97 Å². The molecule has 10 nitrogen and oxygen atoms in total. The number of benzene rings is 1. The van der Waals surface area contributed by atoms with Gasteiger partial charge in [-0.3, -0.25) is 4.79 Å². The molecular formula is C31H32ClN7O3. The average Bonchev–Trinajstić information content (AvgIpc) is 3.66. The second-order valence-corrected chi connectivity index (χ2v) is 12.3. The summed E-state index contributed by atoms with van der Waals surface area (Å²) >= 11 is 6.61. The van der Waals surface area contributed by atoms with Gasteiger partial charge in [0.05, 0.1) is 27.7 Å². The molecule has 7 rings (SSSR count). The number of carboxylic acids is 1. The molecule has 1 saturated carbocycles. The Hall–Kier alpha value is -4.15. The number of aromatic amines is 1. The van der Waals surface area contributed by atoms with Crippen molar-refractivity contribution in [3.63, 3.8) is 0 Å². The zero-order valence-electron chi connectivity index (χ0n) is 23.9. The number of pyridine rings is 3. The lowest BCUT2D eigenvalue weighted by molar-refractivity contribution is 0.0695. The number of aryl methyl sites for hydroxylation is 1. The van der Waals surface area contributed by atoms with Gasteiger partial charge in [0.1, 0.15) is 16.9 Å². The van der Waals surface area contributed by atoms with Crippen molar-refractivity contribution < 1.29 is 9.90 Å². The number of anilines is 2. The van der Waals surface area contributed by atoms with E-state index in [9.17, 15) is 14.7 Å². The van der Waals surface area contributed by atoms with E-state index in [0.717, 1.165) is 52.0 Å². The summed E-state index contributed by atoms with van der Waals surface area (Å²) in [7, 11) is 7.89. The quantitative estimate of drug-likeness (QED) is 0.269. The maximum atomic E-state index is 13.2. The summed E-state index contributed by atoms with van der Waals surface area (Å²) in [5.74, 6) is -0.144. The third-order valence-electron chi connectivity index (χ3n) is 9.29. The number of carbonyl (C=O) groups is 1. The number of hydrogen-bond acceptors (Lipinski definition) is 7. The molecule has 2 fully saturated rings. The highest BCUT2D eigenvalue weighted by molar-refractivity contribution is 6.33. The predicted molar refractivity (Wildman–Crippen MR) is 167 cm³/mol. The van der Waals surface area contributed by atoms with Crippen LogP contribution in [0, 0.1) is 11.8 Å². The first-order valence-corrected chi connectivity index (χ1v) is 14.5. The molecule has 2 aliphatic rings. The van der Waals surface area contributed by atoms with Crippen molar-refractivity contribution in [1.29, 1.82) is 0 Å². The van der Waals surface area contributed by atoms with Crippen LogP contribution in [-0.2, 0) is 7.05 Å². The van der Waals surface area contributed by atoms with Crippen LogP contribution in [0.5, 0.6) is 0 Å². The summed E-state index contributed by atoms with van der Waals surface area (Å²) in [5, 5.41) is 15.7. The molecule has 1 aromatic carbocycles. The number of halogens is 1. The van der Waals surface area contributed by atoms with E-state index in [4.69, 9.17) is 16.6 Å². The molecule has 1 aliphatic heterocycles. The minimum atomic E-state index is -1.26. The van der Waals surface area contributed by atoms with Crippen LogP contribution in [0.1, 0.15) is 23.2 Å². The van der Waals surface area contributed by atoms with Crippen molar-refractivity contribution in [2.45, 2.75) is 18.9 Å². The molecule has 11 heteroatoms. The highest BCUT2D eigenvalue weighted by atomic mass is 35.5. The Bertz CT molecular complexity index is 1980. The number of carboxylic acid groups (broad SMARTS) is 1. The van der Waals surface area contributed by atoms with Crippen molar-refractivity contribution in [3.8, 4) is 11.1 Å². The molecule has 4 aromatic heterocycles. The molecule has 0 bridgehead atoms. The minimum Gasteiger partial charge on any atom is -0.477 e. The van der Waals surface area contributed by atoms with E-state index in [0.29, 0.717) is 34.1 Å². The summed E-state index contributed by atoms with van der Waals surface area (Å²) in [6.07, 6.45) is 7.28. The average molecular weight is 586 g/mol. The second kappa shape index (κ2) is 9.71. The summed E-state index contributed by atoms with van der Waals surface area (Å²) < 4.78 is 1.58. The maximum absolute atomic E-state index is 13.2. The Balaban J connectivity index is 1.50. The molecular weight excluding hydrogens is 554 g/mol. The fourth-order valence-corrected chi connectivity index (χ4v) is 7.59.